The van der Waals surface area contributed by atoms with Crippen molar-refractivity contribution in [3.8, 4) is 5.75 Å². The molecule has 1 saturated heterocycles. The van der Waals surface area contributed by atoms with E-state index in [9.17, 15) is 18.0 Å². The number of nitrogens with one attached hydrogen (secondary N) is 1. The molecule has 2 unspecified atom stereocenters. The number of hydrogen-bond acceptors (Lipinski definition) is 5. The molecule has 9 heteroatoms. The van der Waals surface area contributed by atoms with Gasteiger partial charge in [0.05, 0.1) is 25.5 Å². The van der Waals surface area contributed by atoms with Crippen molar-refractivity contribution < 1.29 is 22.7 Å². The zero-order valence-electron chi connectivity index (χ0n) is 17.7. The number of methoxy groups -OCH3 is 1. The van der Waals surface area contributed by atoms with Crippen molar-refractivity contribution >= 4 is 44.4 Å². The SMILES string of the molecule is COc1ccc(CN2C(=O)C3CCCCC3C2=O)cc1S(=O)(=O)NCc1ccc(I)cc1. The number of ether oxygens (including phenoxy) is 1. The van der Waals surface area contributed by atoms with E-state index in [0.717, 1.165) is 34.8 Å². The largest absolute Gasteiger partial charge is 0.495 e. The minimum Gasteiger partial charge on any atom is -0.495 e. The molecule has 0 bridgehead atoms. The summed E-state index contributed by atoms with van der Waals surface area (Å²) in [5.74, 6) is -0.535. The Morgan fingerprint density at radius 3 is 2.19 bits per heavy atom. The molecule has 1 saturated carbocycles. The second-order valence-electron chi connectivity index (χ2n) is 8.20. The number of carbonyl (C=O) groups is 2. The lowest BCUT2D eigenvalue weighted by Gasteiger charge is -2.19. The standard InChI is InChI=1S/C23H25IN2O5S/c1-31-20-11-8-16(14-26-22(27)18-4-2-3-5-19(18)23(26)28)12-21(20)32(29,30)25-13-15-6-9-17(24)10-7-15/h6-12,18-19,25H,2-5,13-14H2,1H3. The van der Waals surface area contributed by atoms with Gasteiger partial charge in [0.25, 0.3) is 0 Å². The average Bonchev–Trinajstić information content (AvgIpc) is 3.04. The first-order valence-electron chi connectivity index (χ1n) is 10.6. The summed E-state index contributed by atoms with van der Waals surface area (Å²) >= 11 is 2.19. The summed E-state index contributed by atoms with van der Waals surface area (Å²) in [6.45, 7) is 0.202. The molecule has 1 N–H and O–H groups in total. The molecule has 4 rings (SSSR count). The molecule has 2 aliphatic rings. The van der Waals surface area contributed by atoms with Gasteiger partial charge in [0, 0.05) is 10.1 Å². The van der Waals surface area contributed by atoms with E-state index in [1.807, 2.05) is 24.3 Å². The van der Waals surface area contributed by atoms with Crippen LogP contribution >= 0.6 is 22.6 Å². The maximum atomic E-state index is 13.0. The van der Waals surface area contributed by atoms with Crippen molar-refractivity contribution in [3.63, 3.8) is 0 Å². The van der Waals surface area contributed by atoms with Crippen LogP contribution in [0.3, 0.4) is 0 Å². The number of likely N-dealkylation sites (tertiary alicyclic amines) is 1. The molecule has 0 aromatic heterocycles. The Labute approximate surface area is 201 Å². The second kappa shape index (κ2) is 9.48. The molecule has 2 aromatic carbocycles. The number of amides is 2. The molecule has 2 amide bonds. The topological polar surface area (TPSA) is 92.8 Å². The number of benzene rings is 2. The predicted octanol–water partition coefficient (Wildman–Crippen LogP) is 3.45. The van der Waals surface area contributed by atoms with Gasteiger partial charge >= 0.3 is 0 Å². The zero-order valence-corrected chi connectivity index (χ0v) is 20.7. The molecule has 2 atom stereocenters. The number of hydrogen-bond donors (Lipinski definition) is 1. The first kappa shape index (κ1) is 23.2. The molecule has 1 aliphatic carbocycles. The summed E-state index contributed by atoms with van der Waals surface area (Å²) in [5.41, 5.74) is 1.40. The Morgan fingerprint density at radius 2 is 1.59 bits per heavy atom. The summed E-state index contributed by atoms with van der Waals surface area (Å²) in [6, 6.07) is 12.3. The van der Waals surface area contributed by atoms with Gasteiger partial charge in [-0.25, -0.2) is 13.1 Å². The molecule has 2 fully saturated rings. The van der Waals surface area contributed by atoms with Crippen LogP contribution in [0.5, 0.6) is 5.75 Å². The number of imide groups is 1. The van der Waals surface area contributed by atoms with Crippen LogP contribution in [-0.2, 0) is 32.7 Å². The van der Waals surface area contributed by atoms with E-state index in [2.05, 4.69) is 27.3 Å². The van der Waals surface area contributed by atoms with Crippen LogP contribution in [-0.4, -0.2) is 32.2 Å². The van der Waals surface area contributed by atoms with Gasteiger partial charge in [-0.05, 0) is 70.8 Å². The Kier molecular flexibility index (Phi) is 6.87. The third-order valence-electron chi connectivity index (χ3n) is 6.17. The monoisotopic (exact) mass is 568 g/mol. The number of fused-ring (bicyclic) bond motifs is 1. The third kappa shape index (κ3) is 4.69. The predicted molar refractivity (Wildman–Crippen MR) is 127 cm³/mol. The number of carbonyl (C=O) groups excluding carboxylic acids is 2. The zero-order chi connectivity index (χ0) is 22.9. The number of sulfonamides is 1. The first-order valence-corrected chi connectivity index (χ1v) is 13.1. The summed E-state index contributed by atoms with van der Waals surface area (Å²) in [4.78, 5) is 26.9. The third-order valence-corrected chi connectivity index (χ3v) is 8.31. The second-order valence-corrected chi connectivity index (χ2v) is 11.2. The smallest absolute Gasteiger partial charge is 0.244 e. The van der Waals surface area contributed by atoms with Gasteiger partial charge in [-0.1, -0.05) is 31.0 Å². The van der Waals surface area contributed by atoms with Gasteiger partial charge in [0.2, 0.25) is 21.8 Å². The van der Waals surface area contributed by atoms with E-state index in [4.69, 9.17) is 4.74 Å². The maximum Gasteiger partial charge on any atom is 0.244 e. The molecular weight excluding hydrogens is 543 g/mol. The summed E-state index contributed by atoms with van der Waals surface area (Å²) < 4.78 is 35.0. The Bertz CT molecular complexity index is 1110. The van der Waals surface area contributed by atoms with Crippen molar-refractivity contribution in [2.45, 2.75) is 43.7 Å². The van der Waals surface area contributed by atoms with Gasteiger partial charge in [-0.3, -0.25) is 14.5 Å². The van der Waals surface area contributed by atoms with Crippen molar-refractivity contribution in [3.05, 3.63) is 57.2 Å². The lowest BCUT2D eigenvalue weighted by atomic mass is 9.81. The molecule has 32 heavy (non-hydrogen) atoms. The molecule has 2 aromatic rings. The Hall–Kier alpha value is -1.98. The lowest BCUT2D eigenvalue weighted by molar-refractivity contribution is -0.140. The first-order chi connectivity index (χ1) is 15.3. The van der Waals surface area contributed by atoms with Crippen LogP contribution in [0.2, 0.25) is 0 Å². The number of nitrogens with zero attached hydrogens (tertiary/aromatic N) is 1. The van der Waals surface area contributed by atoms with Crippen LogP contribution in [0.4, 0.5) is 0 Å². The fourth-order valence-corrected chi connectivity index (χ4v) is 6.05. The van der Waals surface area contributed by atoms with Gasteiger partial charge in [-0.2, -0.15) is 0 Å². The van der Waals surface area contributed by atoms with E-state index >= 15 is 0 Å². The lowest BCUT2D eigenvalue weighted by Crippen LogP contribution is -2.30. The maximum absolute atomic E-state index is 13.0. The summed E-state index contributed by atoms with van der Waals surface area (Å²) in [6.07, 6.45) is 3.42. The highest BCUT2D eigenvalue weighted by atomic mass is 127. The minimum absolute atomic E-state index is 0.0143. The highest BCUT2D eigenvalue weighted by Gasteiger charge is 2.47. The van der Waals surface area contributed by atoms with E-state index in [1.165, 1.54) is 18.1 Å². The molecule has 170 valence electrons. The van der Waals surface area contributed by atoms with E-state index in [-0.39, 0.29) is 47.4 Å². The molecule has 0 spiro atoms. The van der Waals surface area contributed by atoms with E-state index in [1.54, 1.807) is 12.1 Å². The molecule has 1 heterocycles. The minimum atomic E-state index is -3.88. The van der Waals surface area contributed by atoms with Crippen LogP contribution in [0.25, 0.3) is 0 Å². The van der Waals surface area contributed by atoms with Crippen molar-refractivity contribution in [2.24, 2.45) is 11.8 Å². The van der Waals surface area contributed by atoms with E-state index in [0.29, 0.717) is 5.56 Å². The van der Waals surface area contributed by atoms with Crippen molar-refractivity contribution in [1.82, 2.24) is 9.62 Å². The molecule has 1 aliphatic heterocycles. The van der Waals surface area contributed by atoms with Crippen LogP contribution in [0, 0.1) is 15.4 Å². The van der Waals surface area contributed by atoms with Crippen molar-refractivity contribution in [1.29, 1.82) is 0 Å². The highest BCUT2D eigenvalue weighted by Crippen LogP contribution is 2.39. The highest BCUT2D eigenvalue weighted by molar-refractivity contribution is 14.1. The molecule has 7 nitrogen and oxygen atoms in total. The van der Waals surface area contributed by atoms with Crippen LogP contribution in [0.1, 0.15) is 36.8 Å². The molecule has 0 radical (unpaired) electrons. The fourth-order valence-electron chi connectivity index (χ4n) is 4.46. The quantitative estimate of drug-likeness (QED) is 0.408. The Balaban J connectivity index is 1.55. The number of halogens is 1. The van der Waals surface area contributed by atoms with Crippen LogP contribution in [0.15, 0.2) is 47.4 Å². The number of rotatable bonds is 7. The molecular formula is C23H25IN2O5S. The van der Waals surface area contributed by atoms with Gasteiger partial charge in [-0.15, -0.1) is 0 Å². The van der Waals surface area contributed by atoms with Crippen LogP contribution < -0.4 is 9.46 Å². The van der Waals surface area contributed by atoms with Crippen molar-refractivity contribution in [2.75, 3.05) is 7.11 Å². The van der Waals surface area contributed by atoms with Gasteiger partial charge in [0.1, 0.15) is 10.6 Å². The Morgan fingerprint density at radius 1 is 1.00 bits per heavy atom. The summed E-state index contributed by atoms with van der Waals surface area (Å²) in [5, 5.41) is 0. The van der Waals surface area contributed by atoms with Gasteiger partial charge < -0.3 is 4.74 Å². The van der Waals surface area contributed by atoms with Gasteiger partial charge in [0.15, 0.2) is 0 Å². The fraction of sp³-hybridized carbons (Fsp3) is 0.391. The average molecular weight is 568 g/mol. The normalized spacial score (nSPS) is 21.0. The summed E-state index contributed by atoms with van der Waals surface area (Å²) in [7, 11) is -2.47. The van der Waals surface area contributed by atoms with E-state index < -0.39 is 10.0 Å².